The minimum atomic E-state index is 0.183. The second kappa shape index (κ2) is 5.99. The van der Waals surface area contributed by atoms with Gasteiger partial charge in [-0.2, -0.15) is 0 Å². The average Bonchev–Trinajstić information content (AvgIpc) is 3.06. The first-order valence-electron chi connectivity index (χ1n) is 6.48. The molecule has 1 atom stereocenters. The molecule has 96 valence electrons. The molecule has 0 aliphatic heterocycles. The first-order chi connectivity index (χ1) is 7.54. The Morgan fingerprint density at radius 1 is 1.44 bits per heavy atom. The predicted octanol–water partition coefficient (Wildman–Crippen LogP) is 1.72. The van der Waals surface area contributed by atoms with E-state index in [4.69, 9.17) is 10.5 Å². The molecular formula is C13H28N2O. The van der Waals surface area contributed by atoms with Crippen molar-refractivity contribution in [3.8, 4) is 0 Å². The quantitative estimate of drug-likeness (QED) is 0.687. The van der Waals surface area contributed by atoms with Crippen molar-refractivity contribution < 1.29 is 4.74 Å². The van der Waals surface area contributed by atoms with Crippen molar-refractivity contribution >= 4 is 0 Å². The van der Waals surface area contributed by atoms with Gasteiger partial charge in [-0.3, -0.25) is 4.90 Å². The fourth-order valence-electron chi connectivity index (χ4n) is 2.46. The highest BCUT2D eigenvalue weighted by atomic mass is 16.5. The number of hydrogen-bond acceptors (Lipinski definition) is 3. The Kier molecular flexibility index (Phi) is 5.22. The van der Waals surface area contributed by atoms with E-state index in [-0.39, 0.29) is 5.54 Å². The molecule has 1 unspecified atom stereocenters. The lowest BCUT2D eigenvalue weighted by Crippen LogP contribution is -2.55. The summed E-state index contributed by atoms with van der Waals surface area (Å²) in [5, 5.41) is 0. The molecule has 1 aliphatic rings. The molecule has 1 saturated carbocycles. The van der Waals surface area contributed by atoms with E-state index in [0.29, 0.717) is 5.92 Å². The van der Waals surface area contributed by atoms with Crippen molar-refractivity contribution in [3.05, 3.63) is 0 Å². The maximum Gasteiger partial charge on any atom is 0.0589 e. The second-order valence-electron chi connectivity index (χ2n) is 5.67. The van der Waals surface area contributed by atoms with Crippen LogP contribution in [0.2, 0.25) is 0 Å². The Bertz CT molecular complexity index is 204. The maximum atomic E-state index is 6.01. The summed E-state index contributed by atoms with van der Waals surface area (Å²) in [6, 6.07) is 0. The zero-order chi connectivity index (χ0) is 12.2. The van der Waals surface area contributed by atoms with E-state index < -0.39 is 0 Å². The Balaban J connectivity index is 2.63. The number of ether oxygens (including phenoxy) is 1. The molecule has 3 nitrogen and oxygen atoms in total. The number of hydrogen-bond donors (Lipinski definition) is 1. The van der Waals surface area contributed by atoms with Crippen LogP contribution in [0.4, 0.5) is 0 Å². The maximum absolute atomic E-state index is 6.01. The molecule has 0 aromatic rings. The van der Waals surface area contributed by atoms with Crippen LogP contribution in [0.1, 0.15) is 33.6 Å². The van der Waals surface area contributed by atoms with Crippen LogP contribution in [-0.4, -0.2) is 43.8 Å². The molecule has 1 aliphatic carbocycles. The van der Waals surface area contributed by atoms with Crippen molar-refractivity contribution in [1.82, 2.24) is 4.90 Å². The minimum Gasteiger partial charge on any atom is -0.383 e. The van der Waals surface area contributed by atoms with Gasteiger partial charge in [0.2, 0.25) is 0 Å². The van der Waals surface area contributed by atoms with Gasteiger partial charge in [-0.1, -0.05) is 13.8 Å². The zero-order valence-corrected chi connectivity index (χ0v) is 11.3. The number of nitrogens with two attached hydrogens (primary N) is 1. The summed E-state index contributed by atoms with van der Waals surface area (Å²) in [7, 11) is 1.77. The molecule has 0 aromatic heterocycles. The molecule has 3 heteroatoms. The molecule has 0 saturated heterocycles. The van der Waals surface area contributed by atoms with E-state index in [9.17, 15) is 0 Å². The first-order valence-corrected chi connectivity index (χ1v) is 6.48. The number of nitrogens with zero attached hydrogens (tertiary/aromatic N) is 1. The van der Waals surface area contributed by atoms with E-state index in [1.807, 2.05) is 0 Å². The minimum absolute atomic E-state index is 0.183. The van der Waals surface area contributed by atoms with Crippen LogP contribution in [0, 0.1) is 11.8 Å². The van der Waals surface area contributed by atoms with Crippen LogP contribution < -0.4 is 5.73 Å². The first kappa shape index (κ1) is 13.9. The zero-order valence-electron chi connectivity index (χ0n) is 11.3. The van der Waals surface area contributed by atoms with Crippen molar-refractivity contribution in [2.45, 2.75) is 39.2 Å². The number of methoxy groups -OCH3 is 1. The summed E-state index contributed by atoms with van der Waals surface area (Å²) < 4.78 is 5.21. The molecule has 0 heterocycles. The van der Waals surface area contributed by atoms with Crippen LogP contribution in [0.15, 0.2) is 0 Å². The normalized spacial score (nSPS) is 20.4. The van der Waals surface area contributed by atoms with Crippen LogP contribution in [-0.2, 0) is 4.74 Å². The SMILES string of the molecule is COCCN(CC(C)C)C(C)(CN)C1CC1. The molecule has 0 bridgehead atoms. The molecule has 0 spiro atoms. The largest absolute Gasteiger partial charge is 0.383 e. The van der Waals surface area contributed by atoms with Gasteiger partial charge in [-0.15, -0.1) is 0 Å². The van der Waals surface area contributed by atoms with Crippen LogP contribution in [0.3, 0.4) is 0 Å². The van der Waals surface area contributed by atoms with Crippen molar-refractivity contribution in [2.75, 3.05) is 33.4 Å². The molecule has 0 aromatic carbocycles. The van der Waals surface area contributed by atoms with Gasteiger partial charge in [0, 0.05) is 32.3 Å². The Labute approximate surface area is 100 Å². The van der Waals surface area contributed by atoms with Gasteiger partial charge in [-0.05, 0) is 31.6 Å². The summed E-state index contributed by atoms with van der Waals surface area (Å²) in [6.07, 6.45) is 2.69. The smallest absolute Gasteiger partial charge is 0.0589 e. The number of rotatable bonds is 8. The van der Waals surface area contributed by atoms with Gasteiger partial charge in [0.15, 0.2) is 0 Å². The van der Waals surface area contributed by atoms with E-state index in [1.54, 1.807) is 7.11 Å². The fourth-order valence-corrected chi connectivity index (χ4v) is 2.46. The molecule has 0 radical (unpaired) electrons. The summed E-state index contributed by atoms with van der Waals surface area (Å²) in [5.74, 6) is 1.48. The third-order valence-corrected chi connectivity index (χ3v) is 3.74. The average molecular weight is 228 g/mol. The lowest BCUT2D eigenvalue weighted by molar-refractivity contribution is 0.0469. The van der Waals surface area contributed by atoms with Crippen LogP contribution in [0.5, 0.6) is 0 Å². The second-order valence-corrected chi connectivity index (χ2v) is 5.67. The Morgan fingerprint density at radius 2 is 2.06 bits per heavy atom. The highest BCUT2D eigenvalue weighted by molar-refractivity contribution is 5.00. The highest BCUT2D eigenvalue weighted by Gasteiger charge is 2.44. The van der Waals surface area contributed by atoms with E-state index in [1.165, 1.54) is 12.8 Å². The molecule has 16 heavy (non-hydrogen) atoms. The standard InChI is InChI=1S/C13H28N2O/c1-11(2)9-15(7-8-16-4)13(3,10-14)12-5-6-12/h11-12H,5-10,14H2,1-4H3. The fraction of sp³-hybridized carbons (Fsp3) is 1.00. The van der Waals surface area contributed by atoms with E-state index >= 15 is 0 Å². The summed E-state index contributed by atoms with van der Waals surface area (Å²) in [6.45, 7) is 10.5. The Morgan fingerprint density at radius 3 is 2.44 bits per heavy atom. The van der Waals surface area contributed by atoms with Crippen molar-refractivity contribution in [1.29, 1.82) is 0 Å². The van der Waals surface area contributed by atoms with Gasteiger partial charge in [0.05, 0.1) is 6.61 Å². The lowest BCUT2D eigenvalue weighted by Gasteiger charge is -2.42. The summed E-state index contributed by atoms with van der Waals surface area (Å²) in [5.41, 5.74) is 6.20. The van der Waals surface area contributed by atoms with Gasteiger partial charge in [0.1, 0.15) is 0 Å². The monoisotopic (exact) mass is 228 g/mol. The van der Waals surface area contributed by atoms with Gasteiger partial charge >= 0.3 is 0 Å². The molecular weight excluding hydrogens is 200 g/mol. The lowest BCUT2D eigenvalue weighted by atomic mass is 9.92. The molecule has 1 rings (SSSR count). The highest BCUT2D eigenvalue weighted by Crippen LogP contribution is 2.42. The van der Waals surface area contributed by atoms with Crippen LogP contribution in [0.25, 0.3) is 0 Å². The molecule has 2 N–H and O–H groups in total. The van der Waals surface area contributed by atoms with E-state index in [2.05, 4.69) is 25.7 Å². The summed E-state index contributed by atoms with van der Waals surface area (Å²) >= 11 is 0. The van der Waals surface area contributed by atoms with Gasteiger partial charge in [0.25, 0.3) is 0 Å². The van der Waals surface area contributed by atoms with Gasteiger partial charge in [-0.25, -0.2) is 0 Å². The van der Waals surface area contributed by atoms with Crippen molar-refractivity contribution in [3.63, 3.8) is 0 Å². The third-order valence-electron chi connectivity index (χ3n) is 3.74. The topological polar surface area (TPSA) is 38.5 Å². The summed E-state index contributed by atoms with van der Waals surface area (Å²) in [4.78, 5) is 2.54. The molecule has 1 fully saturated rings. The van der Waals surface area contributed by atoms with Crippen molar-refractivity contribution in [2.24, 2.45) is 17.6 Å². The third kappa shape index (κ3) is 3.44. The Hall–Kier alpha value is -0.120. The van der Waals surface area contributed by atoms with Crippen LogP contribution >= 0.6 is 0 Å². The molecule has 0 amide bonds. The van der Waals surface area contributed by atoms with E-state index in [0.717, 1.165) is 32.2 Å². The van der Waals surface area contributed by atoms with Gasteiger partial charge < -0.3 is 10.5 Å². The predicted molar refractivity (Wildman–Crippen MR) is 68.5 cm³/mol.